The minimum Gasteiger partial charge on any atom is -1.00 e. The molecule has 0 fully saturated rings. The molecule has 0 spiro atoms. The van der Waals surface area contributed by atoms with Gasteiger partial charge in [0, 0.05) is 34.4 Å². The number of hydrogen-bond acceptors (Lipinski definition) is 3. The van der Waals surface area contributed by atoms with Gasteiger partial charge < -0.3 is 12.4 Å². The molecule has 1 aliphatic heterocycles. The first kappa shape index (κ1) is 15.7. The largest absolute Gasteiger partial charge is 1.00 e. The minimum atomic E-state index is -3.72. The lowest BCUT2D eigenvalue weighted by molar-refractivity contribution is -0.843. The van der Waals surface area contributed by atoms with Crippen molar-refractivity contribution in [2.24, 2.45) is 5.10 Å². The Bertz CT molecular complexity index is 291. The van der Waals surface area contributed by atoms with Crippen LogP contribution in [0.25, 0.3) is 0 Å². The van der Waals surface area contributed by atoms with Crippen LogP contribution in [0, 0.1) is 0 Å². The van der Waals surface area contributed by atoms with Crippen molar-refractivity contribution in [1.82, 2.24) is 0 Å². The second kappa shape index (κ2) is 6.62. The number of nitrogens with zero attached hydrogens (tertiary/aromatic N) is 1. The highest BCUT2D eigenvalue weighted by Crippen LogP contribution is 1.98. The molecule has 8 heteroatoms. The number of quaternary nitrogens is 1. The number of hydrogen-bond donors (Lipinski definition) is 1. The first-order valence-corrected chi connectivity index (χ1v) is 6.13. The fourth-order valence-corrected chi connectivity index (χ4v) is 0.483. The Hall–Kier alpha value is 0.190. The van der Waals surface area contributed by atoms with E-state index in [1.807, 2.05) is 19.3 Å². The maximum absolute atomic E-state index is 9.16. The lowest BCUT2D eigenvalue weighted by atomic mass is 10.5. The molecule has 1 aliphatic rings. The summed E-state index contributed by atoms with van der Waals surface area (Å²) in [4.78, 5) is 0. The van der Waals surface area contributed by atoms with E-state index in [4.69, 9.17) is 8.42 Å². The summed E-state index contributed by atoms with van der Waals surface area (Å²) in [5.74, 6) is 0. The molecule has 0 saturated heterocycles. The molecule has 0 radical (unpaired) electrons. The van der Waals surface area contributed by atoms with E-state index in [0.717, 1.165) is 5.01 Å². The van der Waals surface area contributed by atoms with E-state index in [9.17, 15) is 0 Å². The van der Waals surface area contributed by atoms with Gasteiger partial charge in [-0.05, 0) is 0 Å². The monoisotopic (exact) mass is 266 g/mol. The first-order chi connectivity index (χ1) is 5.30. The predicted molar refractivity (Wildman–Crippen MR) is 49.8 cm³/mol. The standard InChI is InChI=1S/C5H8N2.Cl2O2S.ClH/c1-5-3-4-6-7(5)2;1-5(2,3)4;/h3-4H,1-2H3;;1H. The van der Waals surface area contributed by atoms with Crippen LogP contribution in [0.4, 0.5) is 0 Å². The van der Waals surface area contributed by atoms with Gasteiger partial charge in [0.1, 0.15) is 5.70 Å². The molecule has 0 aliphatic carbocycles. The van der Waals surface area contributed by atoms with Crippen LogP contribution in [0.3, 0.4) is 0 Å². The Morgan fingerprint density at radius 1 is 1.46 bits per heavy atom. The lowest BCUT2D eigenvalue weighted by Gasteiger charge is -1.96. The first-order valence-electron chi connectivity index (χ1n) is 3.00. The van der Waals surface area contributed by atoms with Crippen LogP contribution in [0.5, 0.6) is 0 Å². The van der Waals surface area contributed by atoms with Gasteiger partial charge in [-0.1, -0.05) is 5.10 Å². The van der Waals surface area contributed by atoms with Gasteiger partial charge in [-0.3, -0.25) is 0 Å². The van der Waals surface area contributed by atoms with Crippen molar-refractivity contribution in [2.75, 3.05) is 7.05 Å². The van der Waals surface area contributed by atoms with Crippen molar-refractivity contribution in [2.45, 2.75) is 6.92 Å². The van der Waals surface area contributed by atoms with Crippen LogP contribution in [0.1, 0.15) is 6.92 Å². The van der Waals surface area contributed by atoms with Crippen molar-refractivity contribution >= 4 is 35.8 Å². The second-order valence-electron chi connectivity index (χ2n) is 2.09. The van der Waals surface area contributed by atoms with Crippen LogP contribution in [0.2, 0.25) is 0 Å². The Kier molecular flexibility index (Phi) is 7.97. The zero-order valence-corrected chi connectivity index (χ0v) is 10.0. The summed E-state index contributed by atoms with van der Waals surface area (Å²) in [5.41, 5.74) is 1.28. The van der Waals surface area contributed by atoms with Crippen molar-refractivity contribution < 1.29 is 25.8 Å². The van der Waals surface area contributed by atoms with Gasteiger partial charge in [-0.2, -0.15) is 13.4 Å². The molecular weight excluding hydrogens is 258 g/mol. The number of allylic oxidation sites excluding steroid dienone is 2. The van der Waals surface area contributed by atoms with E-state index in [-0.39, 0.29) is 12.4 Å². The Labute approximate surface area is 92.5 Å². The number of nitrogens with one attached hydrogen (secondary N) is 1. The highest BCUT2D eigenvalue weighted by atomic mass is 36.0. The predicted octanol–water partition coefficient (Wildman–Crippen LogP) is -2.88. The fourth-order valence-electron chi connectivity index (χ4n) is 0.483. The Balaban J connectivity index is 0. The van der Waals surface area contributed by atoms with Crippen LogP contribution >= 0.6 is 21.4 Å². The molecule has 1 heterocycles. The van der Waals surface area contributed by atoms with E-state index in [0.29, 0.717) is 0 Å². The summed E-state index contributed by atoms with van der Waals surface area (Å²) >= 11 is 0. The molecule has 13 heavy (non-hydrogen) atoms. The molecular formula is C5H9Cl3N2O2S. The molecule has 1 unspecified atom stereocenters. The van der Waals surface area contributed by atoms with Crippen LogP contribution in [-0.2, 0) is 8.26 Å². The molecule has 1 N–H and O–H groups in total. The Morgan fingerprint density at radius 2 is 1.85 bits per heavy atom. The molecule has 0 aromatic rings. The summed E-state index contributed by atoms with van der Waals surface area (Å²) in [6, 6.07) is 0. The zero-order valence-electron chi connectivity index (χ0n) is 6.96. The highest BCUT2D eigenvalue weighted by Gasteiger charge is 2.04. The smallest absolute Gasteiger partial charge is 0.317 e. The molecule has 0 bridgehead atoms. The maximum Gasteiger partial charge on any atom is 0.317 e. The van der Waals surface area contributed by atoms with Crippen LogP contribution < -0.4 is 17.4 Å². The normalized spacial score (nSPS) is 19.7. The van der Waals surface area contributed by atoms with Gasteiger partial charge >= 0.3 is 8.26 Å². The average Bonchev–Trinajstić information content (AvgIpc) is 2.12. The van der Waals surface area contributed by atoms with Gasteiger partial charge in [0.05, 0.1) is 13.3 Å². The van der Waals surface area contributed by atoms with E-state index in [1.165, 1.54) is 5.70 Å². The number of rotatable bonds is 0. The molecule has 4 nitrogen and oxygen atoms in total. The minimum absolute atomic E-state index is 0. The lowest BCUT2D eigenvalue weighted by Crippen LogP contribution is -3.00. The highest BCUT2D eigenvalue weighted by molar-refractivity contribution is 8.31. The summed E-state index contributed by atoms with van der Waals surface area (Å²) in [5, 5.41) is 5.16. The average molecular weight is 268 g/mol. The SMILES string of the molecule is CC1=CC=N[NH+]1C.O=S(=O)(Cl)Cl.[Cl-]. The van der Waals surface area contributed by atoms with Gasteiger partial charge in [0.25, 0.3) is 0 Å². The molecule has 0 amide bonds. The van der Waals surface area contributed by atoms with Crippen molar-refractivity contribution in [1.29, 1.82) is 0 Å². The van der Waals surface area contributed by atoms with E-state index in [2.05, 4.69) is 33.4 Å². The second-order valence-corrected chi connectivity index (χ2v) is 5.76. The topological polar surface area (TPSA) is 50.9 Å². The van der Waals surface area contributed by atoms with Crippen molar-refractivity contribution in [3.8, 4) is 0 Å². The van der Waals surface area contributed by atoms with Gasteiger partial charge in [0.2, 0.25) is 0 Å². The van der Waals surface area contributed by atoms with Crippen molar-refractivity contribution in [3.05, 3.63) is 11.8 Å². The number of halogens is 3. The molecule has 1 atom stereocenters. The maximum atomic E-state index is 9.16. The summed E-state index contributed by atoms with van der Waals surface area (Å²) in [7, 11) is 6.82. The summed E-state index contributed by atoms with van der Waals surface area (Å²) < 4.78 is 18.3. The van der Waals surface area contributed by atoms with E-state index >= 15 is 0 Å². The van der Waals surface area contributed by atoms with Gasteiger partial charge in [-0.15, -0.1) is 0 Å². The molecule has 1 rings (SSSR count). The summed E-state index contributed by atoms with van der Waals surface area (Å²) in [6.07, 6.45) is 3.83. The molecule has 0 saturated carbocycles. The molecule has 78 valence electrons. The van der Waals surface area contributed by atoms with Gasteiger partial charge in [0.15, 0.2) is 0 Å². The third-order valence-electron chi connectivity index (χ3n) is 1.16. The third-order valence-corrected chi connectivity index (χ3v) is 1.16. The summed E-state index contributed by atoms with van der Waals surface area (Å²) in [6.45, 7) is 2.06. The molecule has 0 aromatic carbocycles. The molecule has 0 aromatic heterocycles. The van der Waals surface area contributed by atoms with E-state index < -0.39 is 8.26 Å². The quantitative estimate of drug-likeness (QED) is 0.479. The fraction of sp³-hybridized carbons (Fsp3) is 0.400. The third kappa shape index (κ3) is 12.2. The van der Waals surface area contributed by atoms with Crippen LogP contribution in [0.15, 0.2) is 16.9 Å². The zero-order chi connectivity index (χ0) is 9.78. The van der Waals surface area contributed by atoms with E-state index in [1.54, 1.807) is 0 Å². The van der Waals surface area contributed by atoms with Crippen LogP contribution in [-0.4, -0.2) is 21.7 Å². The Morgan fingerprint density at radius 3 is 1.92 bits per heavy atom. The van der Waals surface area contributed by atoms with Gasteiger partial charge in [-0.25, -0.2) is 0 Å². The van der Waals surface area contributed by atoms with Crippen molar-refractivity contribution in [3.63, 3.8) is 0 Å².